The summed E-state index contributed by atoms with van der Waals surface area (Å²) in [7, 11) is 0. The Bertz CT molecular complexity index is 1140. The Hall–Kier alpha value is -2.61. The van der Waals surface area contributed by atoms with Crippen LogP contribution >= 0.6 is 23.4 Å². The van der Waals surface area contributed by atoms with E-state index in [1.165, 1.54) is 23.9 Å². The molecule has 0 atom stereocenters. The first-order chi connectivity index (χ1) is 14.9. The molecular formula is C23H21ClFN3O2S. The molecule has 0 saturated heterocycles. The van der Waals surface area contributed by atoms with E-state index in [-0.39, 0.29) is 12.4 Å². The van der Waals surface area contributed by atoms with Crippen LogP contribution in [0.5, 0.6) is 0 Å². The summed E-state index contributed by atoms with van der Waals surface area (Å²) in [5.74, 6) is 0.0684. The van der Waals surface area contributed by atoms with Crippen LogP contribution in [0.3, 0.4) is 0 Å². The smallest absolute Gasteiger partial charge is 0.228 e. The summed E-state index contributed by atoms with van der Waals surface area (Å²) < 4.78 is 19.4. The molecule has 8 heteroatoms. The van der Waals surface area contributed by atoms with Crippen molar-refractivity contribution in [2.75, 3.05) is 13.2 Å². The third kappa shape index (κ3) is 4.84. The molecule has 0 saturated carbocycles. The van der Waals surface area contributed by atoms with Crippen LogP contribution in [0, 0.1) is 5.82 Å². The molecule has 0 fully saturated rings. The van der Waals surface area contributed by atoms with Gasteiger partial charge in [0.25, 0.3) is 0 Å². The molecule has 1 aliphatic rings. The van der Waals surface area contributed by atoms with Crippen LogP contribution in [0.2, 0.25) is 0 Å². The second-order valence-electron chi connectivity index (χ2n) is 7.74. The van der Waals surface area contributed by atoms with E-state index in [0.717, 1.165) is 21.3 Å². The molecule has 0 radical (unpaired) electrons. The third-order valence-corrected chi connectivity index (χ3v) is 6.08. The standard InChI is InChI=1S/C23H21ClFN3O2S/c1-23(2,13-29)18-9-5-15(11-26-18)20-22(31-19-10-6-16(24)12-27-19)30-21(28-20)14-3-7-17(25)8-4-14/h3-11,27,29H,12-13H2,1-2H3. The SMILES string of the molecule is CC(C)(CO)c1ccc(-c2nc(-c3ccc(F)cc3)oc2SC2=CC=C(Cl)CN2)cn1. The molecule has 5 nitrogen and oxygen atoms in total. The minimum absolute atomic E-state index is 0.00494. The number of thioether (sulfide) groups is 1. The van der Waals surface area contributed by atoms with Crippen molar-refractivity contribution in [1.29, 1.82) is 0 Å². The van der Waals surface area contributed by atoms with Gasteiger partial charge in [-0.1, -0.05) is 25.4 Å². The zero-order valence-electron chi connectivity index (χ0n) is 17.0. The van der Waals surface area contributed by atoms with Gasteiger partial charge < -0.3 is 14.8 Å². The van der Waals surface area contributed by atoms with E-state index in [4.69, 9.17) is 16.0 Å². The molecule has 3 aromatic rings. The number of pyridine rings is 1. The molecule has 2 aromatic heterocycles. The first-order valence-electron chi connectivity index (χ1n) is 9.68. The Balaban J connectivity index is 1.73. The predicted octanol–water partition coefficient (Wildman–Crippen LogP) is 5.47. The van der Waals surface area contributed by atoms with Gasteiger partial charge in [-0.15, -0.1) is 0 Å². The van der Waals surface area contributed by atoms with Gasteiger partial charge in [-0.3, -0.25) is 4.98 Å². The lowest BCUT2D eigenvalue weighted by atomic mass is 9.90. The topological polar surface area (TPSA) is 71.2 Å². The van der Waals surface area contributed by atoms with Crippen LogP contribution < -0.4 is 5.32 Å². The number of allylic oxidation sites excluding steroid dienone is 2. The summed E-state index contributed by atoms with van der Waals surface area (Å²) in [5.41, 5.74) is 2.43. The van der Waals surface area contributed by atoms with Gasteiger partial charge >= 0.3 is 0 Å². The van der Waals surface area contributed by atoms with Crippen LogP contribution in [0.1, 0.15) is 19.5 Å². The minimum atomic E-state index is -0.443. The fourth-order valence-corrected chi connectivity index (χ4v) is 3.91. The number of nitrogens with one attached hydrogen (secondary N) is 1. The number of benzene rings is 1. The fourth-order valence-electron chi connectivity index (χ4n) is 2.91. The molecule has 2 N–H and O–H groups in total. The van der Waals surface area contributed by atoms with E-state index < -0.39 is 5.41 Å². The average molecular weight is 458 g/mol. The van der Waals surface area contributed by atoms with Crippen LogP contribution in [0.25, 0.3) is 22.7 Å². The van der Waals surface area contributed by atoms with Crippen molar-refractivity contribution in [3.8, 4) is 22.7 Å². The van der Waals surface area contributed by atoms with Gasteiger partial charge in [-0.25, -0.2) is 9.37 Å². The van der Waals surface area contributed by atoms with Crippen LogP contribution in [-0.4, -0.2) is 28.2 Å². The summed E-state index contributed by atoms with van der Waals surface area (Å²) in [4.78, 5) is 9.21. The van der Waals surface area contributed by atoms with E-state index in [2.05, 4.69) is 15.3 Å². The Morgan fingerprint density at radius 2 is 1.90 bits per heavy atom. The second kappa shape index (κ2) is 8.86. The number of dihydropyridines is 1. The lowest BCUT2D eigenvalue weighted by molar-refractivity contribution is 0.215. The lowest BCUT2D eigenvalue weighted by Crippen LogP contribution is -2.23. The molecule has 31 heavy (non-hydrogen) atoms. The first-order valence-corrected chi connectivity index (χ1v) is 10.9. The quantitative estimate of drug-likeness (QED) is 0.511. The Labute approximate surface area is 189 Å². The van der Waals surface area contributed by atoms with Gasteiger partial charge in [0.2, 0.25) is 5.89 Å². The van der Waals surface area contributed by atoms with Gasteiger partial charge in [0.1, 0.15) is 11.5 Å². The summed E-state index contributed by atoms with van der Waals surface area (Å²) >= 11 is 7.42. The molecule has 0 amide bonds. The number of nitrogens with zero attached hydrogens (tertiary/aromatic N) is 2. The van der Waals surface area contributed by atoms with Crippen molar-refractivity contribution in [1.82, 2.24) is 15.3 Å². The number of hydrogen-bond acceptors (Lipinski definition) is 6. The lowest BCUT2D eigenvalue weighted by Gasteiger charge is -2.20. The van der Waals surface area contributed by atoms with Crippen molar-refractivity contribution in [3.63, 3.8) is 0 Å². The van der Waals surface area contributed by atoms with E-state index >= 15 is 0 Å². The summed E-state index contributed by atoms with van der Waals surface area (Å²) in [5, 5.41) is 15.0. The van der Waals surface area contributed by atoms with Crippen LogP contribution in [0.15, 0.2) is 74.3 Å². The summed E-state index contributed by atoms with van der Waals surface area (Å²) in [6, 6.07) is 9.80. The highest BCUT2D eigenvalue weighted by atomic mass is 35.5. The van der Waals surface area contributed by atoms with E-state index in [0.29, 0.717) is 28.8 Å². The molecule has 4 rings (SSSR count). The van der Waals surface area contributed by atoms with E-state index in [9.17, 15) is 9.50 Å². The number of halogens is 2. The zero-order chi connectivity index (χ0) is 22.0. The number of hydrogen-bond donors (Lipinski definition) is 2. The van der Waals surface area contributed by atoms with E-state index in [1.54, 1.807) is 18.3 Å². The van der Waals surface area contributed by atoms with Crippen molar-refractivity contribution < 1.29 is 13.9 Å². The monoisotopic (exact) mass is 457 g/mol. The van der Waals surface area contributed by atoms with Crippen molar-refractivity contribution in [3.05, 3.63) is 76.3 Å². The van der Waals surface area contributed by atoms with Crippen molar-refractivity contribution in [2.45, 2.75) is 24.4 Å². The fraction of sp³-hybridized carbons (Fsp3) is 0.217. The van der Waals surface area contributed by atoms with Crippen LogP contribution in [-0.2, 0) is 5.41 Å². The predicted molar refractivity (Wildman–Crippen MR) is 121 cm³/mol. The molecule has 0 bridgehead atoms. The third-order valence-electron chi connectivity index (χ3n) is 4.86. The largest absolute Gasteiger partial charge is 0.429 e. The maximum absolute atomic E-state index is 13.3. The molecule has 0 unspecified atom stereocenters. The molecule has 1 aliphatic heterocycles. The molecule has 0 aliphatic carbocycles. The Kier molecular flexibility index (Phi) is 6.18. The van der Waals surface area contributed by atoms with Crippen LogP contribution in [0.4, 0.5) is 4.39 Å². The molecule has 0 spiro atoms. The van der Waals surface area contributed by atoms with Crippen molar-refractivity contribution >= 4 is 23.4 Å². The van der Waals surface area contributed by atoms with Crippen molar-refractivity contribution in [2.24, 2.45) is 0 Å². The van der Waals surface area contributed by atoms with Gasteiger partial charge in [0.15, 0.2) is 5.09 Å². The Morgan fingerprint density at radius 3 is 2.52 bits per heavy atom. The van der Waals surface area contributed by atoms with Gasteiger partial charge in [-0.2, -0.15) is 0 Å². The molecule has 160 valence electrons. The number of aliphatic hydroxyl groups excluding tert-OH is 1. The normalized spacial score (nSPS) is 14.1. The number of aliphatic hydroxyl groups is 1. The average Bonchev–Trinajstić information content (AvgIpc) is 3.19. The highest BCUT2D eigenvalue weighted by Gasteiger charge is 2.23. The highest BCUT2D eigenvalue weighted by Crippen LogP contribution is 2.38. The molecule has 3 heterocycles. The van der Waals surface area contributed by atoms with Gasteiger partial charge in [0, 0.05) is 33.5 Å². The maximum Gasteiger partial charge on any atom is 0.228 e. The minimum Gasteiger partial charge on any atom is -0.429 e. The van der Waals surface area contributed by atoms with Gasteiger partial charge in [-0.05, 0) is 60.3 Å². The highest BCUT2D eigenvalue weighted by molar-refractivity contribution is 8.03. The molecule has 1 aromatic carbocycles. The summed E-state index contributed by atoms with van der Waals surface area (Å²) in [6.45, 7) is 4.40. The summed E-state index contributed by atoms with van der Waals surface area (Å²) in [6.07, 6.45) is 5.44. The van der Waals surface area contributed by atoms with Gasteiger partial charge in [0.05, 0.1) is 18.2 Å². The first kappa shape index (κ1) is 21.6. The Morgan fingerprint density at radius 1 is 1.16 bits per heavy atom. The second-order valence-corrected chi connectivity index (χ2v) is 9.24. The number of rotatable bonds is 6. The van der Waals surface area contributed by atoms with E-state index in [1.807, 2.05) is 38.1 Å². The number of oxazole rings is 1. The zero-order valence-corrected chi connectivity index (χ0v) is 18.6. The molecular weight excluding hydrogens is 437 g/mol. The maximum atomic E-state index is 13.3. The number of aromatic nitrogens is 2.